The minimum atomic E-state index is -3.45. The molecule has 2 rings (SSSR count). The predicted octanol–water partition coefficient (Wildman–Crippen LogP) is 2.26. The van der Waals surface area contributed by atoms with Crippen molar-refractivity contribution in [3.63, 3.8) is 0 Å². The lowest BCUT2D eigenvalue weighted by Gasteiger charge is -2.30. The van der Waals surface area contributed by atoms with Crippen molar-refractivity contribution in [1.29, 1.82) is 0 Å². The van der Waals surface area contributed by atoms with Crippen LogP contribution in [-0.4, -0.2) is 32.9 Å². The lowest BCUT2D eigenvalue weighted by atomic mass is 9.96. The van der Waals surface area contributed by atoms with Crippen LogP contribution >= 0.6 is 0 Å². The summed E-state index contributed by atoms with van der Waals surface area (Å²) in [5, 5.41) is 2.97. The largest absolute Gasteiger partial charge is 0.464 e. The van der Waals surface area contributed by atoms with Gasteiger partial charge in [0, 0.05) is 19.2 Å². The second-order valence-corrected chi connectivity index (χ2v) is 7.44. The molecule has 0 radical (unpaired) electrons. The molecule has 20 heavy (non-hydrogen) atoms. The second kappa shape index (κ2) is 6.28. The molecule has 114 valence electrons. The fraction of sp³-hybridized carbons (Fsp3) is 0.714. The molecule has 1 fully saturated rings. The van der Waals surface area contributed by atoms with Crippen molar-refractivity contribution in [1.82, 2.24) is 9.62 Å². The first-order valence-corrected chi connectivity index (χ1v) is 8.62. The van der Waals surface area contributed by atoms with Gasteiger partial charge in [-0.3, -0.25) is 0 Å². The van der Waals surface area contributed by atoms with E-state index in [0.717, 1.165) is 25.7 Å². The van der Waals surface area contributed by atoms with Gasteiger partial charge in [-0.25, -0.2) is 8.42 Å². The van der Waals surface area contributed by atoms with Crippen LogP contribution in [0.1, 0.15) is 43.6 Å². The summed E-state index contributed by atoms with van der Waals surface area (Å²) >= 11 is 0. The van der Waals surface area contributed by atoms with Gasteiger partial charge in [0.2, 0.25) is 10.0 Å². The Labute approximate surface area is 121 Å². The lowest BCUT2D eigenvalue weighted by molar-refractivity contribution is 0.285. The Hall–Kier alpha value is -0.850. The van der Waals surface area contributed by atoms with Crippen LogP contribution in [-0.2, 0) is 16.6 Å². The molecular formula is C14H24N2O3S. The topological polar surface area (TPSA) is 62.6 Å². The van der Waals surface area contributed by atoms with Crippen LogP contribution in [0.3, 0.4) is 0 Å². The van der Waals surface area contributed by atoms with Gasteiger partial charge in [0.1, 0.15) is 16.4 Å². The first kappa shape index (κ1) is 15.5. The molecule has 1 aliphatic carbocycles. The zero-order chi connectivity index (χ0) is 14.8. The first-order chi connectivity index (χ1) is 9.46. The maximum absolute atomic E-state index is 12.7. The van der Waals surface area contributed by atoms with Gasteiger partial charge in [0.15, 0.2) is 0 Å². The molecule has 1 aromatic heterocycles. The number of aryl methyl sites for hydroxylation is 1. The van der Waals surface area contributed by atoms with Crippen molar-refractivity contribution in [3.05, 3.63) is 17.6 Å². The normalized spacial score (nSPS) is 17.8. The van der Waals surface area contributed by atoms with Crippen molar-refractivity contribution < 1.29 is 12.8 Å². The summed E-state index contributed by atoms with van der Waals surface area (Å²) in [4.78, 5) is 0.302. The number of sulfonamides is 1. The number of nitrogens with one attached hydrogen (secondary N) is 1. The van der Waals surface area contributed by atoms with Gasteiger partial charge < -0.3 is 9.73 Å². The quantitative estimate of drug-likeness (QED) is 0.906. The number of furan rings is 1. The molecule has 0 bridgehead atoms. The van der Waals surface area contributed by atoms with Crippen molar-refractivity contribution >= 4 is 10.0 Å². The molecule has 1 heterocycles. The van der Waals surface area contributed by atoms with Crippen LogP contribution in [0.5, 0.6) is 0 Å². The van der Waals surface area contributed by atoms with Crippen LogP contribution in [0, 0.1) is 6.92 Å². The van der Waals surface area contributed by atoms with Gasteiger partial charge in [-0.15, -0.1) is 0 Å². The van der Waals surface area contributed by atoms with E-state index in [2.05, 4.69) is 5.32 Å². The first-order valence-electron chi connectivity index (χ1n) is 7.18. The average Bonchev–Trinajstić information content (AvgIpc) is 2.81. The summed E-state index contributed by atoms with van der Waals surface area (Å²) in [5.74, 6) is 1.12. The molecule has 0 aliphatic heterocycles. The van der Waals surface area contributed by atoms with E-state index in [0.29, 0.717) is 23.0 Å². The molecule has 1 aromatic rings. The van der Waals surface area contributed by atoms with Gasteiger partial charge in [-0.1, -0.05) is 19.3 Å². The minimum Gasteiger partial charge on any atom is -0.464 e. The number of hydrogen-bond acceptors (Lipinski definition) is 4. The van der Waals surface area contributed by atoms with Crippen molar-refractivity contribution in [2.24, 2.45) is 0 Å². The Kier molecular flexibility index (Phi) is 4.88. The zero-order valence-corrected chi connectivity index (χ0v) is 13.3. The Bertz CT molecular complexity index is 545. The average molecular weight is 300 g/mol. The molecular weight excluding hydrogens is 276 g/mol. The summed E-state index contributed by atoms with van der Waals surface area (Å²) in [6.07, 6.45) is 5.34. The monoisotopic (exact) mass is 300 g/mol. The molecule has 0 spiro atoms. The fourth-order valence-electron chi connectivity index (χ4n) is 2.84. The Morgan fingerprint density at radius 3 is 2.60 bits per heavy atom. The SMILES string of the molecule is CNCc1cc(S(=O)(=O)N(C)C2CCCCC2)c(C)o1. The summed E-state index contributed by atoms with van der Waals surface area (Å²) < 4.78 is 32.5. The minimum absolute atomic E-state index is 0.121. The van der Waals surface area contributed by atoms with Crippen molar-refractivity contribution in [2.45, 2.75) is 56.5 Å². The molecule has 5 nitrogen and oxygen atoms in total. The van der Waals surface area contributed by atoms with E-state index in [1.165, 1.54) is 10.7 Å². The summed E-state index contributed by atoms with van der Waals surface area (Å²) in [5.41, 5.74) is 0. The third kappa shape index (κ3) is 3.07. The van der Waals surface area contributed by atoms with Crippen LogP contribution in [0.15, 0.2) is 15.4 Å². The maximum Gasteiger partial charge on any atom is 0.246 e. The summed E-state index contributed by atoms with van der Waals surface area (Å²) in [6, 6.07) is 1.76. The summed E-state index contributed by atoms with van der Waals surface area (Å²) in [6.45, 7) is 2.24. The molecule has 0 aromatic carbocycles. The fourth-order valence-corrected chi connectivity index (χ4v) is 4.44. The zero-order valence-electron chi connectivity index (χ0n) is 12.5. The van der Waals surface area contributed by atoms with Crippen LogP contribution in [0.2, 0.25) is 0 Å². The number of nitrogens with zero attached hydrogens (tertiary/aromatic N) is 1. The summed E-state index contributed by atoms with van der Waals surface area (Å²) in [7, 11) is 0.0408. The highest BCUT2D eigenvalue weighted by Gasteiger charge is 2.31. The highest BCUT2D eigenvalue weighted by Crippen LogP contribution is 2.29. The molecule has 0 unspecified atom stereocenters. The van der Waals surface area contributed by atoms with E-state index >= 15 is 0 Å². The number of hydrogen-bond donors (Lipinski definition) is 1. The maximum atomic E-state index is 12.7. The van der Waals surface area contributed by atoms with E-state index in [-0.39, 0.29) is 6.04 Å². The van der Waals surface area contributed by atoms with E-state index in [1.807, 2.05) is 0 Å². The third-order valence-corrected chi connectivity index (χ3v) is 6.04. The van der Waals surface area contributed by atoms with Crippen LogP contribution in [0.4, 0.5) is 0 Å². The molecule has 0 amide bonds. The molecule has 0 saturated heterocycles. The van der Waals surface area contributed by atoms with Crippen LogP contribution in [0.25, 0.3) is 0 Å². The van der Waals surface area contributed by atoms with Crippen molar-refractivity contribution in [2.75, 3.05) is 14.1 Å². The van der Waals surface area contributed by atoms with Gasteiger partial charge in [0.25, 0.3) is 0 Å². The van der Waals surface area contributed by atoms with Crippen molar-refractivity contribution in [3.8, 4) is 0 Å². The van der Waals surface area contributed by atoms with Gasteiger partial charge in [0.05, 0.1) is 6.54 Å². The molecule has 1 aliphatic rings. The Morgan fingerprint density at radius 1 is 1.35 bits per heavy atom. The molecule has 1 N–H and O–H groups in total. The highest BCUT2D eigenvalue weighted by molar-refractivity contribution is 7.89. The standard InChI is InChI=1S/C14H24N2O3S/c1-11-14(9-13(19-11)10-15-2)20(17,18)16(3)12-7-5-4-6-8-12/h9,12,15H,4-8,10H2,1-3H3. The van der Waals surface area contributed by atoms with Gasteiger partial charge in [-0.05, 0) is 26.8 Å². The smallest absolute Gasteiger partial charge is 0.246 e. The highest BCUT2D eigenvalue weighted by atomic mass is 32.2. The lowest BCUT2D eigenvalue weighted by Crippen LogP contribution is -2.38. The van der Waals surface area contributed by atoms with E-state index in [9.17, 15) is 8.42 Å². The third-order valence-electron chi connectivity index (χ3n) is 4.02. The second-order valence-electron chi connectivity index (χ2n) is 5.48. The molecule has 6 heteroatoms. The van der Waals surface area contributed by atoms with Gasteiger partial charge >= 0.3 is 0 Å². The molecule has 1 saturated carbocycles. The Balaban J connectivity index is 2.24. The molecule has 0 atom stereocenters. The van der Waals surface area contributed by atoms with E-state index in [1.54, 1.807) is 27.1 Å². The van der Waals surface area contributed by atoms with Gasteiger partial charge in [-0.2, -0.15) is 4.31 Å². The van der Waals surface area contributed by atoms with E-state index < -0.39 is 10.0 Å². The Morgan fingerprint density at radius 2 is 2.00 bits per heavy atom. The predicted molar refractivity (Wildman–Crippen MR) is 78.0 cm³/mol. The van der Waals surface area contributed by atoms with E-state index in [4.69, 9.17) is 4.42 Å². The van der Waals surface area contributed by atoms with Crippen LogP contribution < -0.4 is 5.32 Å². The number of rotatable bonds is 5.